The van der Waals surface area contributed by atoms with E-state index in [1.807, 2.05) is 18.4 Å². The minimum absolute atomic E-state index is 0.0538. The van der Waals surface area contributed by atoms with Gasteiger partial charge >= 0.3 is 0 Å². The van der Waals surface area contributed by atoms with Crippen molar-refractivity contribution in [2.45, 2.75) is 19.8 Å². The third-order valence-corrected chi connectivity index (χ3v) is 4.57. The summed E-state index contributed by atoms with van der Waals surface area (Å²) in [5, 5.41) is 8.79. The summed E-state index contributed by atoms with van der Waals surface area (Å²) < 4.78 is 0. The van der Waals surface area contributed by atoms with Crippen LogP contribution in [-0.2, 0) is 4.79 Å². The van der Waals surface area contributed by atoms with E-state index in [9.17, 15) is 9.59 Å². The van der Waals surface area contributed by atoms with Crippen molar-refractivity contribution in [1.29, 1.82) is 0 Å². The molecule has 0 bridgehead atoms. The molecule has 0 spiro atoms. The van der Waals surface area contributed by atoms with E-state index in [-0.39, 0.29) is 17.7 Å². The highest BCUT2D eigenvalue weighted by Gasteiger charge is 2.29. The minimum Gasteiger partial charge on any atom is -0.326 e. The van der Waals surface area contributed by atoms with Crippen LogP contribution in [0.15, 0.2) is 40.8 Å². The number of rotatable bonds is 5. The average molecular weight is 327 g/mol. The van der Waals surface area contributed by atoms with Crippen LogP contribution in [-0.4, -0.2) is 18.0 Å². The molecule has 2 N–H and O–H groups in total. The lowest BCUT2D eigenvalue weighted by molar-refractivity contribution is -0.117. The molecule has 0 radical (unpaired) electrons. The number of hydrogen-bond donors (Lipinski definition) is 2. The van der Waals surface area contributed by atoms with Gasteiger partial charge < -0.3 is 5.32 Å². The fourth-order valence-electron chi connectivity index (χ4n) is 2.03. The summed E-state index contributed by atoms with van der Waals surface area (Å²) in [6, 6.07) is 8.79. The molecule has 2 amide bonds. The van der Waals surface area contributed by atoms with Crippen molar-refractivity contribution >= 4 is 35.1 Å². The minimum atomic E-state index is -0.282. The van der Waals surface area contributed by atoms with Gasteiger partial charge in [0, 0.05) is 22.0 Å². The van der Waals surface area contributed by atoms with Gasteiger partial charge in [-0.05, 0) is 61.0 Å². The number of nitrogens with zero attached hydrogens (tertiary/aromatic N) is 1. The SMILES string of the molecule is Cc1ccsc1C=NNC(=O)c1ccc(NC(=O)C2CC2)cc1. The second-order valence-electron chi connectivity index (χ2n) is 5.51. The molecule has 1 aliphatic rings. The summed E-state index contributed by atoms with van der Waals surface area (Å²) >= 11 is 1.57. The van der Waals surface area contributed by atoms with E-state index in [1.54, 1.807) is 41.8 Å². The Kier molecular flexibility index (Phi) is 4.52. The first-order chi connectivity index (χ1) is 11.1. The van der Waals surface area contributed by atoms with Crippen LogP contribution in [0.4, 0.5) is 5.69 Å². The molecule has 5 nitrogen and oxygen atoms in total. The van der Waals surface area contributed by atoms with E-state index in [0.717, 1.165) is 23.3 Å². The maximum absolute atomic E-state index is 12.0. The molecule has 1 aliphatic carbocycles. The maximum atomic E-state index is 12.0. The number of thiophene rings is 1. The normalized spacial score (nSPS) is 14.0. The van der Waals surface area contributed by atoms with E-state index in [0.29, 0.717) is 11.3 Å². The molecule has 118 valence electrons. The predicted octanol–water partition coefficient (Wildman–Crippen LogP) is 3.17. The standard InChI is InChI=1S/C17H17N3O2S/c1-11-8-9-23-15(11)10-18-20-17(22)13-4-6-14(7-5-13)19-16(21)12-2-3-12/h4-10,12H,2-3H2,1H3,(H,19,21)(H,20,22). The summed E-state index contributed by atoms with van der Waals surface area (Å²) in [6.07, 6.45) is 3.57. The number of anilines is 1. The smallest absolute Gasteiger partial charge is 0.271 e. The first-order valence-electron chi connectivity index (χ1n) is 7.42. The molecule has 3 rings (SSSR count). The van der Waals surface area contributed by atoms with Gasteiger partial charge in [0.15, 0.2) is 0 Å². The summed E-state index contributed by atoms with van der Waals surface area (Å²) in [5.74, 6) is -0.0679. The molecule has 1 fully saturated rings. The number of hydrazone groups is 1. The van der Waals surface area contributed by atoms with Crippen LogP contribution in [0, 0.1) is 12.8 Å². The van der Waals surface area contributed by atoms with Crippen molar-refractivity contribution in [2.24, 2.45) is 11.0 Å². The lowest BCUT2D eigenvalue weighted by Gasteiger charge is -2.05. The first kappa shape index (κ1) is 15.4. The van der Waals surface area contributed by atoms with Gasteiger partial charge in [0.2, 0.25) is 5.91 Å². The number of nitrogens with one attached hydrogen (secondary N) is 2. The summed E-state index contributed by atoms with van der Waals surface area (Å²) in [4.78, 5) is 24.7. The number of carbonyl (C=O) groups is 2. The zero-order chi connectivity index (χ0) is 16.2. The number of aryl methyl sites for hydroxylation is 1. The van der Waals surface area contributed by atoms with E-state index in [4.69, 9.17) is 0 Å². The zero-order valence-corrected chi connectivity index (χ0v) is 13.5. The van der Waals surface area contributed by atoms with Crippen molar-refractivity contribution in [3.8, 4) is 0 Å². The Morgan fingerprint density at radius 1 is 1.22 bits per heavy atom. The van der Waals surface area contributed by atoms with Crippen molar-refractivity contribution in [2.75, 3.05) is 5.32 Å². The van der Waals surface area contributed by atoms with Crippen molar-refractivity contribution < 1.29 is 9.59 Å². The van der Waals surface area contributed by atoms with Crippen molar-refractivity contribution in [1.82, 2.24) is 5.43 Å². The van der Waals surface area contributed by atoms with E-state index >= 15 is 0 Å². The molecule has 1 aromatic carbocycles. The molecular formula is C17H17N3O2S. The Labute approximate surface area is 138 Å². The first-order valence-corrected chi connectivity index (χ1v) is 8.30. The molecule has 0 aliphatic heterocycles. The Balaban J connectivity index is 1.55. The molecule has 1 aromatic heterocycles. The molecule has 1 saturated carbocycles. The second-order valence-corrected chi connectivity index (χ2v) is 6.46. The Hall–Kier alpha value is -2.47. The summed E-state index contributed by atoms with van der Waals surface area (Å²) in [6.45, 7) is 1.99. The second kappa shape index (κ2) is 6.75. The lowest BCUT2D eigenvalue weighted by Crippen LogP contribution is -2.18. The predicted molar refractivity (Wildman–Crippen MR) is 91.9 cm³/mol. The van der Waals surface area contributed by atoms with Gasteiger partial charge in [-0.2, -0.15) is 5.10 Å². The average Bonchev–Trinajstić information content (AvgIpc) is 3.32. The molecule has 23 heavy (non-hydrogen) atoms. The molecule has 2 aromatic rings. The highest BCUT2D eigenvalue weighted by molar-refractivity contribution is 7.11. The number of carbonyl (C=O) groups excluding carboxylic acids is 2. The highest BCUT2D eigenvalue weighted by Crippen LogP contribution is 2.30. The van der Waals surface area contributed by atoms with Crippen molar-refractivity contribution in [3.05, 3.63) is 51.7 Å². The third-order valence-electron chi connectivity index (χ3n) is 3.61. The van der Waals surface area contributed by atoms with Crippen LogP contribution in [0.5, 0.6) is 0 Å². The van der Waals surface area contributed by atoms with Crippen LogP contribution in [0.1, 0.15) is 33.6 Å². The molecule has 0 saturated heterocycles. The fraction of sp³-hybridized carbons (Fsp3) is 0.235. The molecule has 1 heterocycles. The quantitative estimate of drug-likeness (QED) is 0.654. The molecule has 0 unspecified atom stereocenters. The Bertz CT molecular complexity index is 745. The van der Waals surface area contributed by atoms with Crippen LogP contribution in [0.2, 0.25) is 0 Å². The third kappa shape index (κ3) is 4.04. The lowest BCUT2D eigenvalue weighted by atomic mass is 10.2. The van der Waals surface area contributed by atoms with Gasteiger partial charge in [-0.1, -0.05) is 0 Å². The zero-order valence-electron chi connectivity index (χ0n) is 12.7. The van der Waals surface area contributed by atoms with Gasteiger partial charge in [0.25, 0.3) is 5.91 Å². The van der Waals surface area contributed by atoms with E-state index in [1.165, 1.54) is 0 Å². The van der Waals surface area contributed by atoms with Crippen LogP contribution >= 0.6 is 11.3 Å². The van der Waals surface area contributed by atoms with E-state index < -0.39 is 0 Å². The van der Waals surface area contributed by atoms with E-state index in [2.05, 4.69) is 15.8 Å². The number of benzene rings is 1. The maximum Gasteiger partial charge on any atom is 0.271 e. The molecule has 0 atom stereocenters. The number of amides is 2. The van der Waals surface area contributed by atoms with Gasteiger partial charge in [-0.25, -0.2) is 5.43 Å². The monoisotopic (exact) mass is 327 g/mol. The largest absolute Gasteiger partial charge is 0.326 e. The van der Waals surface area contributed by atoms with Crippen LogP contribution < -0.4 is 10.7 Å². The summed E-state index contributed by atoms with van der Waals surface area (Å²) in [5.41, 5.74) is 4.83. The molecular weight excluding hydrogens is 310 g/mol. The summed E-state index contributed by atoms with van der Waals surface area (Å²) in [7, 11) is 0. The molecule has 6 heteroatoms. The van der Waals surface area contributed by atoms with Crippen LogP contribution in [0.25, 0.3) is 0 Å². The van der Waals surface area contributed by atoms with Gasteiger partial charge in [0.05, 0.1) is 6.21 Å². The Morgan fingerprint density at radius 3 is 2.57 bits per heavy atom. The topological polar surface area (TPSA) is 70.6 Å². The number of hydrogen-bond acceptors (Lipinski definition) is 4. The van der Waals surface area contributed by atoms with Crippen molar-refractivity contribution in [3.63, 3.8) is 0 Å². The Morgan fingerprint density at radius 2 is 1.96 bits per heavy atom. The van der Waals surface area contributed by atoms with Crippen LogP contribution in [0.3, 0.4) is 0 Å². The van der Waals surface area contributed by atoms with Gasteiger partial charge in [-0.3, -0.25) is 9.59 Å². The fourth-order valence-corrected chi connectivity index (χ4v) is 2.81. The van der Waals surface area contributed by atoms with Gasteiger partial charge in [-0.15, -0.1) is 11.3 Å². The van der Waals surface area contributed by atoms with Gasteiger partial charge in [0.1, 0.15) is 0 Å². The highest BCUT2D eigenvalue weighted by atomic mass is 32.1.